The van der Waals surface area contributed by atoms with E-state index in [0.29, 0.717) is 24.3 Å². The van der Waals surface area contributed by atoms with Crippen LogP contribution < -0.4 is 9.47 Å². The summed E-state index contributed by atoms with van der Waals surface area (Å²) < 4.78 is 22.9. The highest BCUT2D eigenvalue weighted by atomic mass is 16.5. The molecule has 52 heavy (non-hydrogen) atoms. The monoisotopic (exact) mass is 696 g/mol. The zero-order valence-electron chi connectivity index (χ0n) is 29.6. The van der Waals surface area contributed by atoms with E-state index < -0.39 is 0 Å². The summed E-state index contributed by atoms with van der Waals surface area (Å²) in [5, 5.41) is 38.5. The van der Waals surface area contributed by atoms with Crippen molar-refractivity contribution in [3.63, 3.8) is 0 Å². The Morgan fingerprint density at radius 3 is 1.27 bits per heavy atom. The Bertz CT molecular complexity index is 1680. The molecule has 0 saturated carbocycles. The molecule has 5 rings (SSSR count). The summed E-state index contributed by atoms with van der Waals surface area (Å²) in [4.78, 5) is 4.83. The SMILES string of the molecule is N#CC(C#N)=Cc1cc(-c2ccc(OCCCCN3CCOCC3)cc2)c(C=C(C#N)C#N)cc1-c1ccc(OCCCCN2CCOCC2)cc1. The van der Waals surface area contributed by atoms with Crippen LogP contribution in [-0.2, 0) is 9.47 Å². The van der Waals surface area contributed by atoms with Crippen LogP contribution in [0, 0.1) is 45.3 Å². The van der Waals surface area contributed by atoms with Gasteiger partial charge >= 0.3 is 0 Å². The van der Waals surface area contributed by atoms with Gasteiger partial charge in [0.1, 0.15) is 46.9 Å². The van der Waals surface area contributed by atoms with Crippen molar-refractivity contribution >= 4 is 12.2 Å². The van der Waals surface area contributed by atoms with Crippen LogP contribution in [0.4, 0.5) is 0 Å². The number of nitrogens with zero attached hydrogens (tertiary/aromatic N) is 6. The molecule has 2 aliphatic rings. The van der Waals surface area contributed by atoms with E-state index in [1.165, 1.54) is 0 Å². The molecule has 0 atom stereocenters. The normalized spacial score (nSPS) is 14.5. The number of nitriles is 4. The second-order valence-electron chi connectivity index (χ2n) is 12.7. The molecule has 2 saturated heterocycles. The fraction of sp³-hybridized carbons (Fsp3) is 0.381. The molecule has 10 heteroatoms. The molecular weight excluding hydrogens is 652 g/mol. The molecule has 3 aromatic carbocycles. The summed E-state index contributed by atoms with van der Waals surface area (Å²) in [6.07, 6.45) is 7.12. The molecular formula is C42H44N6O4. The molecule has 2 heterocycles. The number of allylic oxidation sites excluding steroid dienone is 2. The maximum atomic E-state index is 9.64. The number of hydrogen-bond donors (Lipinski definition) is 0. The first kappa shape index (κ1) is 37.8. The topological polar surface area (TPSA) is 139 Å². The minimum Gasteiger partial charge on any atom is -0.494 e. The van der Waals surface area contributed by atoms with Crippen molar-refractivity contribution in [1.29, 1.82) is 21.0 Å². The lowest BCUT2D eigenvalue weighted by Crippen LogP contribution is -2.36. The molecule has 0 spiro atoms. The average molecular weight is 697 g/mol. The predicted molar refractivity (Wildman–Crippen MR) is 200 cm³/mol. The van der Waals surface area contributed by atoms with Crippen molar-refractivity contribution in [2.24, 2.45) is 0 Å². The standard InChI is InChI=1S/C42H44N6O4/c43-29-33(30-44)25-37-28-42(36-7-11-40(12-8-36)52-20-4-2-14-48-17-23-50-24-18-48)38(26-34(31-45)32-46)27-41(37)35-5-9-39(10-6-35)51-19-3-1-13-47-15-21-49-22-16-47/h5-12,25-28H,1-4,13-24H2. The highest BCUT2D eigenvalue weighted by Crippen LogP contribution is 2.36. The lowest BCUT2D eigenvalue weighted by Gasteiger charge is -2.26. The summed E-state index contributed by atoms with van der Waals surface area (Å²) in [6, 6.07) is 27.0. The first-order chi connectivity index (χ1) is 25.6. The third-order valence-electron chi connectivity index (χ3n) is 9.12. The number of benzene rings is 3. The van der Waals surface area contributed by atoms with Gasteiger partial charge in [-0.25, -0.2) is 0 Å². The van der Waals surface area contributed by atoms with Crippen LogP contribution in [0.1, 0.15) is 36.8 Å². The zero-order valence-corrected chi connectivity index (χ0v) is 29.6. The van der Waals surface area contributed by atoms with Gasteiger partial charge in [0.25, 0.3) is 0 Å². The Kier molecular flexibility index (Phi) is 14.8. The number of rotatable bonds is 16. The fourth-order valence-corrected chi connectivity index (χ4v) is 6.23. The highest BCUT2D eigenvalue weighted by Gasteiger charge is 2.15. The summed E-state index contributed by atoms with van der Waals surface area (Å²) in [5.41, 5.74) is 4.35. The number of unbranched alkanes of at least 4 members (excludes halogenated alkanes) is 2. The average Bonchev–Trinajstić information content (AvgIpc) is 3.20. The lowest BCUT2D eigenvalue weighted by molar-refractivity contribution is 0.0367. The van der Waals surface area contributed by atoms with E-state index in [1.807, 2.05) is 84.9 Å². The molecule has 0 bridgehead atoms. The van der Waals surface area contributed by atoms with E-state index in [9.17, 15) is 21.0 Å². The molecule has 2 fully saturated rings. The van der Waals surface area contributed by atoms with Crippen LogP contribution in [0.3, 0.4) is 0 Å². The first-order valence-corrected chi connectivity index (χ1v) is 17.9. The van der Waals surface area contributed by atoms with Crippen molar-refractivity contribution < 1.29 is 18.9 Å². The van der Waals surface area contributed by atoms with Crippen molar-refractivity contribution in [2.45, 2.75) is 25.7 Å². The first-order valence-electron chi connectivity index (χ1n) is 17.9. The number of ether oxygens (including phenoxy) is 4. The van der Waals surface area contributed by atoms with Gasteiger partial charge in [-0.2, -0.15) is 21.0 Å². The Labute approximate surface area is 306 Å². The fourth-order valence-electron chi connectivity index (χ4n) is 6.23. The van der Waals surface area contributed by atoms with Crippen LogP contribution in [-0.4, -0.2) is 88.7 Å². The third-order valence-corrected chi connectivity index (χ3v) is 9.12. The van der Waals surface area contributed by atoms with Gasteiger partial charge in [-0.3, -0.25) is 9.80 Å². The third kappa shape index (κ3) is 11.3. The van der Waals surface area contributed by atoms with Gasteiger partial charge in [0.15, 0.2) is 0 Å². The maximum absolute atomic E-state index is 9.64. The second-order valence-corrected chi connectivity index (χ2v) is 12.7. The van der Waals surface area contributed by atoms with Crippen LogP contribution in [0.15, 0.2) is 71.8 Å². The quantitative estimate of drug-likeness (QED) is 0.115. The Morgan fingerprint density at radius 1 is 0.558 bits per heavy atom. The van der Waals surface area contributed by atoms with Crippen molar-refractivity contribution in [1.82, 2.24) is 9.80 Å². The van der Waals surface area contributed by atoms with E-state index in [2.05, 4.69) is 9.80 Å². The second kappa shape index (κ2) is 20.4. The number of hydrogen-bond acceptors (Lipinski definition) is 10. The molecule has 0 amide bonds. The highest BCUT2D eigenvalue weighted by molar-refractivity contribution is 5.88. The molecule has 2 aliphatic heterocycles. The molecule has 10 nitrogen and oxygen atoms in total. The minimum atomic E-state index is -0.0420. The lowest BCUT2D eigenvalue weighted by atomic mass is 9.89. The Balaban J connectivity index is 1.33. The molecule has 0 unspecified atom stereocenters. The Morgan fingerprint density at radius 2 is 0.923 bits per heavy atom. The molecule has 0 radical (unpaired) electrons. The largest absolute Gasteiger partial charge is 0.494 e. The molecule has 0 N–H and O–H groups in total. The summed E-state index contributed by atoms with van der Waals surface area (Å²) >= 11 is 0. The molecule has 0 aliphatic carbocycles. The van der Waals surface area contributed by atoms with Crippen LogP contribution in [0.2, 0.25) is 0 Å². The van der Waals surface area contributed by atoms with Gasteiger partial charge < -0.3 is 18.9 Å². The van der Waals surface area contributed by atoms with E-state index in [-0.39, 0.29) is 11.1 Å². The van der Waals surface area contributed by atoms with Crippen molar-refractivity contribution in [3.05, 3.63) is 82.9 Å². The maximum Gasteiger partial charge on any atom is 0.130 e. The smallest absolute Gasteiger partial charge is 0.130 e. The molecule has 0 aromatic heterocycles. The van der Waals surface area contributed by atoms with Crippen molar-refractivity contribution in [3.8, 4) is 58.0 Å². The Hall–Kier alpha value is -5.46. The zero-order chi connectivity index (χ0) is 36.4. The van der Waals surface area contributed by atoms with E-state index in [1.54, 1.807) is 12.2 Å². The van der Waals surface area contributed by atoms with Gasteiger partial charge in [-0.1, -0.05) is 24.3 Å². The van der Waals surface area contributed by atoms with Crippen LogP contribution in [0.5, 0.6) is 11.5 Å². The number of morpholine rings is 2. The predicted octanol–water partition coefficient (Wildman–Crippen LogP) is 6.86. The summed E-state index contributed by atoms with van der Waals surface area (Å²) in [7, 11) is 0. The van der Waals surface area contributed by atoms with Gasteiger partial charge in [0, 0.05) is 26.2 Å². The summed E-state index contributed by atoms with van der Waals surface area (Å²) in [5.74, 6) is 1.49. The summed E-state index contributed by atoms with van der Waals surface area (Å²) in [6.45, 7) is 10.4. The van der Waals surface area contributed by atoms with E-state index >= 15 is 0 Å². The van der Waals surface area contributed by atoms with Gasteiger partial charge in [0.05, 0.1) is 39.6 Å². The minimum absolute atomic E-state index is 0.0420. The van der Waals surface area contributed by atoms with Gasteiger partial charge in [-0.05, 0) is 121 Å². The molecule has 266 valence electrons. The van der Waals surface area contributed by atoms with Gasteiger partial charge in [0.2, 0.25) is 0 Å². The van der Waals surface area contributed by atoms with E-state index in [4.69, 9.17) is 18.9 Å². The van der Waals surface area contributed by atoms with Crippen LogP contribution in [0.25, 0.3) is 34.4 Å². The van der Waals surface area contributed by atoms with Gasteiger partial charge in [-0.15, -0.1) is 0 Å². The van der Waals surface area contributed by atoms with E-state index in [0.717, 1.165) is 125 Å². The van der Waals surface area contributed by atoms with Crippen LogP contribution >= 0.6 is 0 Å². The molecule has 3 aromatic rings. The van der Waals surface area contributed by atoms with Crippen molar-refractivity contribution in [2.75, 3.05) is 78.9 Å².